The lowest BCUT2D eigenvalue weighted by molar-refractivity contribution is -0.329. The molecule has 1 fully saturated rings. The zero-order valence-electron chi connectivity index (χ0n) is 26.5. The van der Waals surface area contributed by atoms with E-state index in [4.69, 9.17) is 37.9 Å². The lowest BCUT2D eigenvalue weighted by atomic mass is 9.97. The maximum absolute atomic E-state index is 10.5. The Morgan fingerprint density at radius 3 is 1.30 bits per heavy atom. The highest BCUT2D eigenvalue weighted by Crippen LogP contribution is 2.32. The zero-order valence-corrected chi connectivity index (χ0v) is 26.5. The highest BCUT2D eigenvalue weighted by Gasteiger charge is 2.48. The van der Waals surface area contributed by atoms with E-state index in [1.54, 1.807) is 21.3 Å². The number of methoxy groups -OCH3 is 3. The quantitative estimate of drug-likeness (QED) is 0.167. The molecular weight excluding hydrogens is 588 g/mol. The summed E-state index contributed by atoms with van der Waals surface area (Å²) in [6.07, 6.45) is -3.62. The van der Waals surface area contributed by atoms with Crippen molar-refractivity contribution in [1.82, 2.24) is 0 Å². The Bertz CT molecular complexity index is 1430. The van der Waals surface area contributed by atoms with Crippen LogP contribution in [0.4, 0.5) is 0 Å². The molecule has 1 saturated heterocycles. The Labute approximate surface area is 270 Å². The van der Waals surface area contributed by atoms with Crippen molar-refractivity contribution in [3.8, 4) is 17.2 Å². The predicted molar refractivity (Wildman–Crippen MR) is 172 cm³/mol. The molecule has 1 heterocycles. The maximum Gasteiger partial charge on any atom is 0.187 e. The first-order chi connectivity index (χ1) is 22.6. The topological polar surface area (TPSA) is 94.1 Å². The van der Waals surface area contributed by atoms with Gasteiger partial charge in [-0.2, -0.15) is 0 Å². The molecule has 0 saturated carbocycles. The monoisotopic (exact) mass is 630 g/mol. The van der Waals surface area contributed by atoms with E-state index in [-0.39, 0.29) is 26.4 Å². The molecular formula is C37H42O9. The van der Waals surface area contributed by atoms with Crippen LogP contribution in [0.15, 0.2) is 103 Å². The number of aliphatic hydroxyl groups excluding tert-OH is 1. The molecule has 5 rings (SSSR count). The van der Waals surface area contributed by atoms with Crippen LogP contribution in [0.2, 0.25) is 0 Å². The van der Waals surface area contributed by atoms with Crippen molar-refractivity contribution in [3.05, 3.63) is 125 Å². The van der Waals surface area contributed by atoms with Gasteiger partial charge in [-0.1, -0.05) is 66.7 Å². The SMILES string of the molecule is COc1ccc(CO[C@@H]2O[C@H](CO)[C@H](OCc3ccccc3)[C@H](OCc3ccc(OC)cc3)[C@H]2OCc2ccc(OC)cc2)cc1. The van der Waals surface area contributed by atoms with Gasteiger partial charge in [0.25, 0.3) is 0 Å². The van der Waals surface area contributed by atoms with E-state index in [0.29, 0.717) is 6.61 Å². The fraction of sp³-hybridized carbons (Fsp3) is 0.351. The van der Waals surface area contributed by atoms with Crippen LogP contribution in [-0.2, 0) is 50.1 Å². The van der Waals surface area contributed by atoms with E-state index in [0.717, 1.165) is 39.5 Å². The molecule has 0 unspecified atom stereocenters. The second-order valence-electron chi connectivity index (χ2n) is 10.9. The Morgan fingerprint density at radius 2 is 0.870 bits per heavy atom. The van der Waals surface area contributed by atoms with Gasteiger partial charge in [0.15, 0.2) is 6.29 Å². The van der Waals surface area contributed by atoms with E-state index in [2.05, 4.69) is 0 Å². The molecule has 0 spiro atoms. The highest BCUT2D eigenvalue weighted by atomic mass is 16.7. The van der Waals surface area contributed by atoms with Crippen molar-refractivity contribution in [3.63, 3.8) is 0 Å². The number of hydrogen-bond donors (Lipinski definition) is 1. The van der Waals surface area contributed by atoms with E-state index >= 15 is 0 Å². The molecule has 0 amide bonds. The third-order valence-electron chi connectivity index (χ3n) is 7.83. The molecule has 5 atom stereocenters. The Kier molecular flexibility index (Phi) is 12.4. The predicted octanol–water partition coefficient (Wildman–Crippen LogP) is 5.70. The first-order valence-corrected chi connectivity index (χ1v) is 15.3. The van der Waals surface area contributed by atoms with Crippen LogP contribution in [0.1, 0.15) is 22.3 Å². The molecule has 1 N–H and O–H groups in total. The van der Waals surface area contributed by atoms with Crippen molar-refractivity contribution in [2.75, 3.05) is 27.9 Å². The summed E-state index contributed by atoms with van der Waals surface area (Å²) in [7, 11) is 4.89. The van der Waals surface area contributed by atoms with Gasteiger partial charge < -0.3 is 43.0 Å². The molecule has 9 nitrogen and oxygen atoms in total. The fourth-order valence-electron chi connectivity index (χ4n) is 5.22. The van der Waals surface area contributed by atoms with Crippen molar-refractivity contribution in [2.45, 2.75) is 57.1 Å². The number of hydrogen-bond acceptors (Lipinski definition) is 9. The first-order valence-electron chi connectivity index (χ1n) is 15.3. The molecule has 9 heteroatoms. The summed E-state index contributed by atoms with van der Waals surface area (Å²) in [5.41, 5.74) is 3.80. The highest BCUT2D eigenvalue weighted by molar-refractivity contribution is 5.28. The summed E-state index contributed by atoms with van der Waals surface area (Å²) < 4.78 is 48.4. The smallest absolute Gasteiger partial charge is 0.187 e. The lowest BCUT2D eigenvalue weighted by Crippen LogP contribution is -2.61. The Morgan fingerprint density at radius 1 is 0.478 bits per heavy atom. The van der Waals surface area contributed by atoms with Crippen LogP contribution in [0.25, 0.3) is 0 Å². The maximum atomic E-state index is 10.5. The lowest BCUT2D eigenvalue weighted by Gasteiger charge is -2.45. The van der Waals surface area contributed by atoms with Gasteiger partial charge >= 0.3 is 0 Å². The fourth-order valence-corrected chi connectivity index (χ4v) is 5.22. The van der Waals surface area contributed by atoms with E-state index in [9.17, 15) is 5.11 Å². The molecule has 0 aromatic heterocycles. The van der Waals surface area contributed by atoms with Gasteiger partial charge in [0, 0.05) is 0 Å². The van der Waals surface area contributed by atoms with Crippen LogP contribution in [0.3, 0.4) is 0 Å². The van der Waals surface area contributed by atoms with Gasteiger partial charge in [0.05, 0.1) is 54.4 Å². The molecule has 0 bridgehead atoms. The van der Waals surface area contributed by atoms with Crippen molar-refractivity contribution >= 4 is 0 Å². The van der Waals surface area contributed by atoms with E-state index in [1.165, 1.54) is 0 Å². The van der Waals surface area contributed by atoms with Crippen molar-refractivity contribution < 1.29 is 43.0 Å². The summed E-state index contributed by atoms with van der Waals surface area (Å²) in [4.78, 5) is 0. The van der Waals surface area contributed by atoms with E-state index in [1.807, 2.05) is 103 Å². The van der Waals surface area contributed by atoms with Gasteiger partial charge in [-0.25, -0.2) is 0 Å². The molecule has 1 aliphatic heterocycles. The van der Waals surface area contributed by atoms with Crippen molar-refractivity contribution in [2.24, 2.45) is 0 Å². The average Bonchev–Trinajstić information content (AvgIpc) is 3.12. The second kappa shape index (κ2) is 17.1. The molecule has 46 heavy (non-hydrogen) atoms. The molecule has 4 aromatic rings. The molecule has 244 valence electrons. The second-order valence-corrected chi connectivity index (χ2v) is 10.9. The number of ether oxygens (including phenoxy) is 8. The van der Waals surface area contributed by atoms with Crippen LogP contribution in [-0.4, -0.2) is 63.7 Å². The van der Waals surface area contributed by atoms with Crippen LogP contribution in [0, 0.1) is 0 Å². The largest absolute Gasteiger partial charge is 0.497 e. The minimum atomic E-state index is -0.866. The van der Waals surface area contributed by atoms with Crippen LogP contribution in [0.5, 0.6) is 17.2 Å². The number of benzene rings is 4. The molecule has 0 radical (unpaired) electrons. The summed E-state index contributed by atoms with van der Waals surface area (Å²) in [5, 5.41) is 10.5. The molecule has 1 aliphatic rings. The summed E-state index contributed by atoms with van der Waals surface area (Å²) >= 11 is 0. The first kappa shape index (κ1) is 33.4. The van der Waals surface area contributed by atoms with Gasteiger partial charge in [-0.05, 0) is 58.7 Å². The zero-order chi connectivity index (χ0) is 32.1. The van der Waals surface area contributed by atoms with E-state index < -0.39 is 30.7 Å². The minimum absolute atomic E-state index is 0.246. The Hall–Kier alpha value is -3.96. The third kappa shape index (κ3) is 9.07. The van der Waals surface area contributed by atoms with Crippen LogP contribution < -0.4 is 14.2 Å². The molecule has 4 aromatic carbocycles. The van der Waals surface area contributed by atoms with Gasteiger partial charge in [-0.15, -0.1) is 0 Å². The summed E-state index contributed by atoms with van der Waals surface area (Å²) in [5.74, 6) is 2.27. The molecule has 0 aliphatic carbocycles. The standard InChI is InChI=1S/C37H42O9/c1-39-30-15-9-27(10-16-30)23-43-35-34(42-22-26-7-5-4-6-8-26)33(21-38)46-37(45-25-29-13-19-32(41-3)20-14-29)36(35)44-24-28-11-17-31(40-2)18-12-28/h4-20,33-38H,21-25H2,1-3H3/t33-,34+,35+,36-,37-/m1/s1. The average molecular weight is 631 g/mol. The Balaban J connectivity index is 1.42. The van der Waals surface area contributed by atoms with Gasteiger partial charge in [0.1, 0.15) is 41.7 Å². The van der Waals surface area contributed by atoms with Gasteiger partial charge in [0.2, 0.25) is 0 Å². The summed E-state index contributed by atoms with van der Waals surface area (Å²) in [6.45, 7) is 0.783. The van der Waals surface area contributed by atoms with Crippen molar-refractivity contribution in [1.29, 1.82) is 0 Å². The minimum Gasteiger partial charge on any atom is -0.497 e. The summed E-state index contributed by atoms with van der Waals surface area (Å²) in [6, 6.07) is 32.8. The third-order valence-corrected chi connectivity index (χ3v) is 7.83. The number of aliphatic hydroxyl groups is 1. The van der Waals surface area contributed by atoms with Crippen LogP contribution >= 0.6 is 0 Å². The number of rotatable bonds is 16. The van der Waals surface area contributed by atoms with Gasteiger partial charge in [-0.3, -0.25) is 0 Å². The normalized spacial score (nSPS) is 21.1.